The van der Waals surface area contributed by atoms with Gasteiger partial charge in [-0.3, -0.25) is 4.79 Å². The van der Waals surface area contributed by atoms with Crippen LogP contribution in [0, 0.1) is 0 Å². The molecule has 20 heavy (non-hydrogen) atoms. The molecule has 0 bridgehead atoms. The first-order chi connectivity index (χ1) is 9.83. The second-order valence-corrected chi connectivity index (χ2v) is 6.02. The Labute approximate surface area is 122 Å². The molecule has 106 valence electrons. The van der Waals surface area contributed by atoms with Gasteiger partial charge < -0.3 is 9.47 Å². The number of hydrogen-bond acceptors (Lipinski definition) is 4. The highest BCUT2D eigenvalue weighted by Gasteiger charge is 2.16. The summed E-state index contributed by atoms with van der Waals surface area (Å²) in [7, 11) is 0. The number of hydrogen-bond donors (Lipinski definition) is 0. The van der Waals surface area contributed by atoms with Crippen molar-refractivity contribution in [3.8, 4) is 0 Å². The molecule has 1 aliphatic heterocycles. The third kappa shape index (κ3) is 3.26. The van der Waals surface area contributed by atoms with Crippen LogP contribution >= 0.6 is 11.3 Å². The van der Waals surface area contributed by atoms with Crippen LogP contribution < -0.4 is 0 Å². The molecule has 3 nitrogen and oxygen atoms in total. The molecule has 1 aromatic carbocycles. The van der Waals surface area contributed by atoms with E-state index in [2.05, 4.69) is 17.5 Å². The Bertz CT molecular complexity index is 584. The van der Waals surface area contributed by atoms with Crippen LogP contribution in [0.15, 0.2) is 29.6 Å². The molecule has 1 unspecified atom stereocenters. The van der Waals surface area contributed by atoms with Crippen LogP contribution in [-0.4, -0.2) is 25.3 Å². The molecule has 1 atom stereocenters. The van der Waals surface area contributed by atoms with Crippen molar-refractivity contribution in [2.75, 3.05) is 13.2 Å². The highest BCUT2D eigenvalue weighted by atomic mass is 32.1. The van der Waals surface area contributed by atoms with E-state index < -0.39 is 0 Å². The third-order valence-corrected chi connectivity index (χ3v) is 4.42. The molecule has 4 heteroatoms. The lowest BCUT2D eigenvalue weighted by molar-refractivity contribution is -0.168. The number of fused-ring (bicyclic) bond motifs is 1. The maximum atomic E-state index is 12.0. The quantitative estimate of drug-likeness (QED) is 0.844. The zero-order valence-electron chi connectivity index (χ0n) is 11.3. The van der Waals surface area contributed by atoms with Crippen molar-refractivity contribution < 1.29 is 14.3 Å². The molecular formula is C16H18O3S. The standard InChI is InChI=1S/C16H18O3S/c17-13(11-19-16-6-1-2-8-18-16)10-12-4-3-5-15-14(12)7-9-20-15/h3-5,7,9,16H,1-2,6,8,10-11H2. The number of rotatable bonds is 5. The van der Waals surface area contributed by atoms with Crippen LogP contribution in [0.5, 0.6) is 0 Å². The minimum Gasteiger partial charge on any atom is -0.353 e. The minimum atomic E-state index is -0.190. The summed E-state index contributed by atoms with van der Waals surface area (Å²) < 4.78 is 12.2. The van der Waals surface area contributed by atoms with Gasteiger partial charge in [0.2, 0.25) is 0 Å². The van der Waals surface area contributed by atoms with Gasteiger partial charge in [-0.2, -0.15) is 0 Å². The van der Waals surface area contributed by atoms with E-state index in [0.717, 1.165) is 31.4 Å². The van der Waals surface area contributed by atoms with Crippen molar-refractivity contribution in [2.24, 2.45) is 0 Å². The maximum absolute atomic E-state index is 12.0. The number of ether oxygens (including phenoxy) is 2. The predicted molar refractivity (Wildman–Crippen MR) is 80.1 cm³/mol. The van der Waals surface area contributed by atoms with Crippen LogP contribution in [0.4, 0.5) is 0 Å². The molecule has 2 aromatic rings. The third-order valence-electron chi connectivity index (χ3n) is 3.54. The Balaban J connectivity index is 1.57. The fourth-order valence-electron chi connectivity index (χ4n) is 2.50. The second kappa shape index (κ2) is 6.48. The number of ketones is 1. The number of benzene rings is 1. The van der Waals surface area contributed by atoms with E-state index >= 15 is 0 Å². The summed E-state index contributed by atoms with van der Waals surface area (Å²) in [5.41, 5.74) is 1.09. The molecule has 1 aromatic heterocycles. The molecular weight excluding hydrogens is 272 g/mol. The number of carbonyl (C=O) groups is 1. The fraction of sp³-hybridized carbons (Fsp3) is 0.438. The first-order valence-electron chi connectivity index (χ1n) is 7.03. The second-order valence-electron chi connectivity index (χ2n) is 5.07. The van der Waals surface area contributed by atoms with E-state index in [4.69, 9.17) is 9.47 Å². The maximum Gasteiger partial charge on any atom is 0.162 e. The van der Waals surface area contributed by atoms with Crippen LogP contribution in [0.3, 0.4) is 0 Å². The van der Waals surface area contributed by atoms with Gasteiger partial charge in [0.05, 0.1) is 0 Å². The summed E-state index contributed by atoms with van der Waals surface area (Å²) >= 11 is 1.70. The average molecular weight is 290 g/mol. The first kappa shape index (κ1) is 13.7. The summed E-state index contributed by atoms with van der Waals surface area (Å²) in [6, 6.07) is 8.19. The van der Waals surface area contributed by atoms with E-state index in [9.17, 15) is 4.79 Å². The lowest BCUT2D eigenvalue weighted by Crippen LogP contribution is -2.25. The highest BCUT2D eigenvalue weighted by Crippen LogP contribution is 2.24. The monoisotopic (exact) mass is 290 g/mol. The van der Waals surface area contributed by atoms with Crippen LogP contribution in [0.2, 0.25) is 0 Å². The Morgan fingerprint density at radius 3 is 3.15 bits per heavy atom. The van der Waals surface area contributed by atoms with Gasteiger partial charge in [-0.15, -0.1) is 11.3 Å². The van der Waals surface area contributed by atoms with Gasteiger partial charge in [0.25, 0.3) is 0 Å². The molecule has 3 rings (SSSR count). The van der Waals surface area contributed by atoms with E-state index in [-0.39, 0.29) is 18.7 Å². The summed E-state index contributed by atoms with van der Waals surface area (Å²) in [6.07, 6.45) is 3.35. The fourth-order valence-corrected chi connectivity index (χ4v) is 3.34. The summed E-state index contributed by atoms with van der Waals surface area (Å²) in [5.74, 6) is 0.109. The zero-order valence-corrected chi connectivity index (χ0v) is 12.2. The summed E-state index contributed by atoms with van der Waals surface area (Å²) in [4.78, 5) is 12.0. The smallest absolute Gasteiger partial charge is 0.162 e. The molecule has 0 saturated carbocycles. The van der Waals surface area contributed by atoms with E-state index in [0.29, 0.717) is 6.42 Å². The van der Waals surface area contributed by atoms with Gasteiger partial charge in [-0.05, 0) is 47.7 Å². The molecule has 0 aliphatic carbocycles. The van der Waals surface area contributed by atoms with Crippen molar-refractivity contribution in [3.05, 3.63) is 35.2 Å². The van der Waals surface area contributed by atoms with Gasteiger partial charge in [0, 0.05) is 17.7 Å². The highest BCUT2D eigenvalue weighted by molar-refractivity contribution is 7.17. The topological polar surface area (TPSA) is 35.5 Å². The van der Waals surface area contributed by atoms with E-state index in [1.807, 2.05) is 12.1 Å². The Morgan fingerprint density at radius 1 is 1.35 bits per heavy atom. The van der Waals surface area contributed by atoms with Crippen molar-refractivity contribution in [1.29, 1.82) is 0 Å². The zero-order chi connectivity index (χ0) is 13.8. The van der Waals surface area contributed by atoms with Crippen LogP contribution in [0.25, 0.3) is 10.1 Å². The van der Waals surface area contributed by atoms with E-state index in [1.165, 1.54) is 10.1 Å². The summed E-state index contributed by atoms with van der Waals surface area (Å²) in [5, 5.41) is 3.24. The Morgan fingerprint density at radius 2 is 2.30 bits per heavy atom. The van der Waals surface area contributed by atoms with Crippen molar-refractivity contribution in [3.63, 3.8) is 0 Å². The van der Waals surface area contributed by atoms with Crippen LogP contribution in [-0.2, 0) is 20.7 Å². The van der Waals surface area contributed by atoms with Crippen molar-refractivity contribution in [2.45, 2.75) is 32.0 Å². The number of carbonyl (C=O) groups excluding carboxylic acids is 1. The molecule has 1 saturated heterocycles. The molecule has 2 heterocycles. The molecule has 0 spiro atoms. The first-order valence-corrected chi connectivity index (χ1v) is 7.91. The molecule has 0 radical (unpaired) electrons. The summed E-state index contributed by atoms with van der Waals surface area (Å²) in [6.45, 7) is 0.887. The van der Waals surface area contributed by atoms with Crippen molar-refractivity contribution >= 4 is 27.2 Å². The number of Topliss-reactive ketones (excluding diaryl/α,β-unsaturated/α-hetero) is 1. The van der Waals surface area contributed by atoms with Crippen molar-refractivity contribution in [1.82, 2.24) is 0 Å². The van der Waals surface area contributed by atoms with Gasteiger partial charge in [-0.25, -0.2) is 0 Å². The molecule has 0 N–H and O–H groups in total. The lowest BCUT2D eigenvalue weighted by Gasteiger charge is -2.22. The Kier molecular flexibility index (Phi) is 4.45. The molecule has 1 aliphatic rings. The number of thiophene rings is 1. The SMILES string of the molecule is O=C(COC1CCCCO1)Cc1cccc2sccc12. The molecule has 0 amide bonds. The van der Waals surface area contributed by atoms with Gasteiger partial charge >= 0.3 is 0 Å². The normalized spacial score (nSPS) is 19.3. The Hall–Kier alpha value is -1.23. The minimum absolute atomic E-state index is 0.109. The van der Waals surface area contributed by atoms with Crippen LogP contribution in [0.1, 0.15) is 24.8 Å². The van der Waals surface area contributed by atoms with Gasteiger partial charge in [0.1, 0.15) is 6.61 Å². The predicted octanol–water partition coefficient (Wildman–Crippen LogP) is 3.56. The van der Waals surface area contributed by atoms with Gasteiger partial charge in [-0.1, -0.05) is 12.1 Å². The van der Waals surface area contributed by atoms with Gasteiger partial charge in [0.15, 0.2) is 12.1 Å². The lowest BCUT2D eigenvalue weighted by atomic mass is 10.1. The largest absolute Gasteiger partial charge is 0.353 e. The molecule has 1 fully saturated rings. The average Bonchev–Trinajstić information content (AvgIpc) is 2.96. The van der Waals surface area contributed by atoms with E-state index in [1.54, 1.807) is 11.3 Å².